The van der Waals surface area contributed by atoms with Crippen LogP contribution in [0.15, 0.2) is 54.9 Å². The quantitative estimate of drug-likeness (QED) is 0.725. The maximum absolute atomic E-state index is 13.2. The van der Waals surface area contributed by atoms with E-state index < -0.39 is 0 Å². The third-order valence-electron chi connectivity index (χ3n) is 5.47. The molecule has 3 heterocycles. The van der Waals surface area contributed by atoms with Crippen molar-refractivity contribution < 1.29 is 9.53 Å². The molecule has 2 aromatic heterocycles. The molecule has 6 heteroatoms. The summed E-state index contributed by atoms with van der Waals surface area (Å²) in [5.74, 6) is -0.0879. The molecule has 1 aliphatic heterocycles. The molecule has 1 fully saturated rings. The average Bonchev–Trinajstić information content (AvgIpc) is 2.78. The third-order valence-corrected chi connectivity index (χ3v) is 5.47. The van der Waals surface area contributed by atoms with Crippen molar-refractivity contribution in [1.29, 1.82) is 0 Å². The van der Waals surface area contributed by atoms with E-state index in [1.807, 2.05) is 42.5 Å². The number of hydrogen-bond donors (Lipinski definition) is 1. The van der Waals surface area contributed by atoms with Crippen molar-refractivity contribution >= 4 is 16.8 Å². The summed E-state index contributed by atoms with van der Waals surface area (Å²) in [5, 5.41) is 3.99. The number of morpholine rings is 1. The van der Waals surface area contributed by atoms with E-state index in [0.717, 1.165) is 48.5 Å². The molecule has 0 aliphatic carbocycles. The highest BCUT2D eigenvalue weighted by Crippen LogP contribution is 2.24. The monoisotopic (exact) mass is 390 g/mol. The lowest BCUT2D eigenvalue weighted by atomic mass is 10.0. The Morgan fingerprint density at radius 1 is 1.17 bits per heavy atom. The summed E-state index contributed by atoms with van der Waals surface area (Å²) in [7, 11) is 0. The lowest BCUT2D eigenvalue weighted by Crippen LogP contribution is -2.55. The predicted molar refractivity (Wildman–Crippen MR) is 114 cm³/mol. The maximum atomic E-state index is 13.2. The number of nitrogens with one attached hydrogen (secondary N) is 1. The summed E-state index contributed by atoms with van der Waals surface area (Å²) in [4.78, 5) is 24.4. The van der Waals surface area contributed by atoms with Gasteiger partial charge < -0.3 is 10.1 Å². The van der Waals surface area contributed by atoms with Crippen LogP contribution in [0, 0.1) is 0 Å². The Labute approximate surface area is 170 Å². The van der Waals surface area contributed by atoms with Crippen molar-refractivity contribution in [3.63, 3.8) is 0 Å². The van der Waals surface area contributed by atoms with E-state index in [-0.39, 0.29) is 11.4 Å². The first-order valence-electron chi connectivity index (χ1n) is 9.96. The second-order valence-electron chi connectivity index (χ2n) is 7.91. The topological polar surface area (TPSA) is 67.4 Å². The van der Waals surface area contributed by atoms with Crippen molar-refractivity contribution in [2.75, 3.05) is 32.8 Å². The minimum Gasteiger partial charge on any atom is -0.379 e. The molecular formula is C23H26N4O2. The number of carbonyl (C=O) groups is 1. The Bertz CT molecular complexity index is 998. The fourth-order valence-corrected chi connectivity index (χ4v) is 3.70. The Morgan fingerprint density at radius 3 is 2.72 bits per heavy atom. The van der Waals surface area contributed by atoms with Crippen molar-refractivity contribution in [1.82, 2.24) is 20.2 Å². The summed E-state index contributed by atoms with van der Waals surface area (Å²) in [6.45, 7) is 8.11. The zero-order chi connectivity index (χ0) is 20.3. The molecule has 1 aliphatic rings. The lowest BCUT2D eigenvalue weighted by molar-refractivity contribution is -0.00922. The van der Waals surface area contributed by atoms with Crippen LogP contribution in [-0.4, -0.2) is 59.2 Å². The molecule has 150 valence electrons. The van der Waals surface area contributed by atoms with E-state index >= 15 is 0 Å². The van der Waals surface area contributed by atoms with E-state index in [1.54, 1.807) is 12.4 Å². The fraction of sp³-hybridized carbons (Fsp3) is 0.348. The van der Waals surface area contributed by atoms with Gasteiger partial charge in [-0.05, 0) is 38.1 Å². The number of benzene rings is 1. The lowest BCUT2D eigenvalue weighted by Gasteiger charge is -2.40. The molecule has 1 saturated heterocycles. The predicted octanol–water partition coefficient (Wildman–Crippen LogP) is 3.14. The molecule has 1 aromatic carbocycles. The van der Waals surface area contributed by atoms with E-state index in [1.165, 1.54) is 0 Å². The number of hydrogen-bond acceptors (Lipinski definition) is 5. The molecule has 0 saturated carbocycles. The third kappa shape index (κ3) is 4.28. The van der Waals surface area contributed by atoms with Crippen LogP contribution in [0.5, 0.6) is 0 Å². The van der Waals surface area contributed by atoms with Crippen molar-refractivity contribution in [3.05, 3.63) is 60.4 Å². The molecule has 3 aromatic rings. The molecule has 0 spiro atoms. The highest BCUT2D eigenvalue weighted by atomic mass is 16.5. The van der Waals surface area contributed by atoms with E-state index in [4.69, 9.17) is 9.72 Å². The number of nitrogens with zero attached hydrogens (tertiary/aromatic N) is 3. The van der Waals surface area contributed by atoms with E-state index in [2.05, 4.69) is 29.0 Å². The number of para-hydroxylation sites is 1. The van der Waals surface area contributed by atoms with Gasteiger partial charge in [0.25, 0.3) is 5.91 Å². The first kappa shape index (κ1) is 19.5. The average molecular weight is 390 g/mol. The summed E-state index contributed by atoms with van der Waals surface area (Å²) in [5.41, 5.74) is 2.92. The Balaban J connectivity index is 1.61. The second-order valence-corrected chi connectivity index (χ2v) is 7.91. The molecule has 4 rings (SSSR count). The van der Waals surface area contributed by atoms with E-state index in [9.17, 15) is 4.79 Å². The number of amides is 1. The minimum atomic E-state index is -0.144. The standard InChI is InChI=1S/C23H26N4O2/c1-23(2,27-10-12-29-13-11-27)16-25-22(28)19-14-21(17-6-5-9-24-15-17)26-20-8-4-3-7-18(19)20/h3-9,14-15H,10-13,16H2,1-2H3,(H,25,28). The highest BCUT2D eigenvalue weighted by Gasteiger charge is 2.29. The van der Waals surface area contributed by atoms with Crippen LogP contribution in [0.3, 0.4) is 0 Å². The van der Waals surface area contributed by atoms with Gasteiger partial charge in [0.15, 0.2) is 0 Å². The first-order valence-corrected chi connectivity index (χ1v) is 9.96. The van der Waals surface area contributed by atoms with Gasteiger partial charge in [0, 0.05) is 48.5 Å². The number of ether oxygens (including phenoxy) is 1. The van der Waals surface area contributed by atoms with Crippen LogP contribution >= 0.6 is 0 Å². The van der Waals surface area contributed by atoms with Gasteiger partial charge in [-0.2, -0.15) is 0 Å². The van der Waals surface area contributed by atoms with Gasteiger partial charge in [0.05, 0.1) is 30.0 Å². The summed E-state index contributed by atoms with van der Waals surface area (Å²) in [6.07, 6.45) is 3.49. The SMILES string of the molecule is CC(C)(CNC(=O)c1cc(-c2cccnc2)nc2ccccc12)N1CCOCC1. The number of aromatic nitrogens is 2. The normalized spacial score (nSPS) is 15.4. The van der Waals surface area contributed by atoms with Gasteiger partial charge in [0.2, 0.25) is 0 Å². The maximum Gasteiger partial charge on any atom is 0.252 e. The molecule has 0 radical (unpaired) electrons. The number of carbonyl (C=O) groups excluding carboxylic acids is 1. The molecule has 0 unspecified atom stereocenters. The molecule has 1 amide bonds. The molecule has 0 atom stereocenters. The Morgan fingerprint density at radius 2 is 1.97 bits per heavy atom. The highest BCUT2D eigenvalue weighted by molar-refractivity contribution is 6.07. The van der Waals surface area contributed by atoms with Crippen LogP contribution in [0.4, 0.5) is 0 Å². The Hall–Kier alpha value is -2.83. The van der Waals surface area contributed by atoms with Crippen molar-refractivity contribution in [3.8, 4) is 11.3 Å². The minimum absolute atomic E-state index is 0.0879. The van der Waals surface area contributed by atoms with Crippen LogP contribution < -0.4 is 5.32 Å². The van der Waals surface area contributed by atoms with Crippen molar-refractivity contribution in [2.24, 2.45) is 0 Å². The largest absolute Gasteiger partial charge is 0.379 e. The number of rotatable bonds is 5. The van der Waals surface area contributed by atoms with Crippen molar-refractivity contribution in [2.45, 2.75) is 19.4 Å². The van der Waals surface area contributed by atoms with Crippen LogP contribution in [0.2, 0.25) is 0 Å². The van der Waals surface area contributed by atoms with Crippen LogP contribution in [0.25, 0.3) is 22.2 Å². The summed E-state index contributed by atoms with van der Waals surface area (Å²) < 4.78 is 5.45. The van der Waals surface area contributed by atoms with Gasteiger partial charge in [0.1, 0.15) is 0 Å². The molecule has 1 N–H and O–H groups in total. The van der Waals surface area contributed by atoms with Crippen LogP contribution in [-0.2, 0) is 4.74 Å². The van der Waals surface area contributed by atoms with Crippen LogP contribution in [0.1, 0.15) is 24.2 Å². The fourth-order valence-electron chi connectivity index (χ4n) is 3.70. The smallest absolute Gasteiger partial charge is 0.252 e. The molecule has 6 nitrogen and oxygen atoms in total. The zero-order valence-electron chi connectivity index (χ0n) is 16.9. The summed E-state index contributed by atoms with van der Waals surface area (Å²) in [6, 6.07) is 13.4. The van der Waals surface area contributed by atoms with Gasteiger partial charge in [-0.3, -0.25) is 14.7 Å². The van der Waals surface area contributed by atoms with E-state index in [0.29, 0.717) is 12.1 Å². The number of fused-ring (bicyclic) bond motifs is 1. The second kappa shape index (κ2) is 8.27. The number of pyridine rings is 2. The molecule has 0 bridgehead atoms. The Kier molecular flexibility index (Phi) is 5.56. The molecule has 29 heavy (non-hydrogen) atoms. The van der Waals surface area contributed by atoms with Gasteiger partial charge in [-0.15, -0.1) is 0 Å². The van der Waals surface area contributed by atoms with Gasteiger partial charge in [-0.25, -0.2) is 4.98 Å². The van der Waals surface area contributed by atoms with Gasteiger partial charge >= 0.3 is 0 Å². The van der Waals surface area contributed by atoms with Gasteiger partial charge in [-0.1, -0.05) is 18.2 Å². The molecular weight excluding hydrogens is 364 g/mol. The summed E-state index contributed by atoms with van der Waals surface area (Å²) >= 11 is 0. The zero-order valence-corrected chi connectivity index (χ0v) is 16.9. The first-order chi connectivity index (χ1) is 14.0.